The fourth-order valence-corrected chi connectivity index (χ4v) is 3.14. The predicted octanol–water partition coefficient (Wildman–Crippen LogP) is 3.88. The first-order chi connectivity index (χ1) is 14.1. The summed E-state index contributed by atoms with van der Waals surface area (Å²) in [4.78, 5) is 12.7. The second-order valence-corrected chi connectivity index (χ2v) is 6.64. The summed E-state index contributed by atoms with van der Waals surface area (Å²) in [5.74, 6) is -0.135. The van der Waals surface area contributed by atoms with Crippen LogP contribution in [0.25, 0.3) is 0 Å². The Balaban J connectivity index is 1.67. The summed E-state index contributed by atoms with van der Waals surface area (Å²) in [5, 5.41) is 11.3. The van der Waals surface area contributed by atoms with E-state index >= 15 is 0 Å². The van der Waals surface area contributed by atoms with E-state index in [9.17, 15) is 9.90 Å². The second-order valence-electron chi connectivity index (χ2n) is 6.64. The average molecular weight is 398 g/mol. The van der Waals surface area contributed by atoms with E-state index in [-0.39, 0.29) is 12.9 Å². The van der Waals surface area contributed by atoms with E-state index in [4.69, 9.17) is 18.9 Å². The maximum Gasteiger partial charge on any atom is 0.347 e. The van der Waals surface area contributed by atoms with Crippen molar-refractivity contribution in [2.45, 2.75) is 38.1 Å². The second kappa shape index (κ2) is 9.98. The van der Waals surface area contributed by atoms with Crippen LogP contribution < -0.4 is 4.74 Å². The monoisotopic (exact) mass is 398 g/mol. The number of carbonyl (C=O) groups is 1. The van der Waals surface area contributed by atoms with Crippen molar-refractivity contribution in [3.05, 3.63) is 78.2 Å². The van der Waals surface area contributed by atoms with Crippen LogP contribution in [0.4, 0.5) is 0 Å². The Morgan fingerprint density at radius 3 is 2.48 bits per heavy atom. The van der Waals surface area contributed by atoms with Crippen LogP contribution >= 0.6 is 0 Å². The summed E-state index contributed by atoms with van der Waals surface area (Å²) in [5.41, 5.74) is -1.06. The molecule has 1 aliphatic heterocycles. The highest BCUT2D eigenvalue weighted by atomic mass is 16.7. The third-order valence-corrected chi connectivity index (χ3v) is 4.63. The molecule has 6 heteroatoms. The van der Waals surface area contributed by atoms with E-state index < -0.39 is 11.6 Å². The molecular weight excluding hydrogens is 372 g/mol. The molecule has 1 N–H and O–H groups in total. The summed E-state index contributed by atoms with van der Waals surface area (Å²) in [6.07, 6.45) is 5.39. The van der Waals surface area contributed by atoms with Gasteiger partial charge in [-0.25, -0.2) is 4.79 Å². The highest BCUT2D eigenvalue weighted by Crippen LogP contribution is 2.33. The zero-order chi connectivity index (χ0) is 20.5. The number of unbranched alkanes of at least 4 members (excludes halogenated alkanes) is 1. The van der Waals surface area contributed by atoms with Gasteiger partial charge < -0.3 is 24.1 Å². The normalized spacial score (nSPS) is 15.2. The summed E-state index contributed by atoms with van der Waals surface area (Å²) in [7, 11) is 0. The van der Waals surface area contributed by atoms with Gasteiger partial charge in [-0.15, -0.1) is 0 Å². The Hall–Kier alpha value is -2.99. The molecule has 6 nitrogen and oxygen atoms in total. The zero-order valence-electron chi connectivity index (χ0n) is 16.5. The van der Waals surface area contributed by atoms with Gasteiger partial charge >= 0.3 is 5.97 Å². The fraction of sp³-hybridized carbons (Fsp3) is 0.348. The standard InChI is InChI=1S/C23H26O6/c1-2-26-22(24)23(25,18-9-4-3-5-10-18)19-11-8-12-20(17-19)27-14-7-6-13-21-28-15-16-29-21/h3-5,8-12,15-17,21,25H,2,6-7,13-14H2,1H3. The Morgan fingerprint density at radius 2 is 1.76 bits per heavy atom. The van der Waals surface area contributed by atoms with Crippen molar-refractivity contribution in [3.8, 4) is 5.75 Å². The first kappa shape index (κ1) is 20.7. The van der Waals surface area contributed by atoms with Gasteiger partial charge in [-0.3, -0.25) is 0 Å². The average Bonchev–Trinajstić information content (AvgIpc) is 3.27. The van der Waals surface area contributed by atoms with Crippen molar-refractivity contribution in [3.63, 3.8) is 0 Å². The maximum atomic E-state index is 12.7. The predicted molar refractivity (Wildman–Crippen MR) is 107 cm³/mol. The third kappa shape index (κ3) is 5.09. The van der Waals surface area contributed by atoms with E-state index in [1.807, 2.05) is 6.07 Å². The molecule has 29 heavy (non-hydrogen) atoms. The largest absolute Gasteiger partial charge is 0.494 e. The number of benzene rings is 2. The first-order valence-corrected chi connectivity index (χ1v) is 9.79. The lowest BCUT2D eigenvalue weighted by molar-refractivity contribution is -0.161. The van der Waals surface area contributed by atoms with Gasteiger partial charge in [0.25, 0.3) is 0 Å². The molecule has 0 saturated carbocycles. The number of hydrogen-bond donors (Lipinski definition) is 1. The number of ether oxygens (including phenoxy) is 4. The van der Waals surface area contributed by atoms with Crippen LogP contribution in [0.5, 0.6) is 5.75 Å². The molecule has 0 bridgehead atoms. The minimum Gasteiger partial charge on any atom is -0.494 e. The minimum atomic E-state index is -1.90. The highest BCUT2D eigenvalue weighted by molar-refractivity contribution is 5.85. The van der Waals surface area contributed by atoms with Crippen molar-refractivity contribution in [2.24, 2.45) is 0 Å². The van der Waals surface area contributed by atoms with Gasteiger partial charge in [-0.1, -0.05) is 42.5 Å². The molecule has 1 aliphatic rings. The molecule has 2 aromatic carbocycles. The minimum absolute atomic E-state index is 0.175. The topological polar surface area (TPSA) is 74.2 Å². The van der Waals surface area contributed by atoms with Crippen LogP contribution in [-0.4, -0.2) is 30.6 Å². The van der Waals surface area contributed by atoms with Gasteiger partial charge in [0, 0.05) is 12.0 Å². The van der Waals surface area contributed by atoms with E-state index in [1.54, 1.807) is 68.0 Å². The van der Waals surface area contributed by atoms with Crippen LogP contribution in [0.15, 0.2) is 67.1 Å². The highest BCUT2D eigenvalue weighted by Gasteiger charge is 2.41. The van der Waals surface area contributed by atoms with Gasteiger partial charge in [-0.2, -0.15) is 0 Å². The van der Waals surface area contributed by atoms with Crippen LogP contribution in [0, 0.1) is 0 Å². The molecule has 0 aliphatic carbocycles. The summed E-state index contributed by atoms with van der Waals surface area (Å²) < 4.78 is 21.5. The first-order valence-electron chi connectivity index (χ1n) is 9.79. The SMILES string of the molecule is CCOC(=O)C(O)(c1ccccc1)c1cccc(OCCCCC2OC=CO2)c1. The summed E-state index contributed by atoms with van der Waals surface area (Å²) >= 11 is 0. The molecule has 1 unspecified atom stereocenters. The van der Waals surface area contributed by atoms with E-state index in [2.05, 4.69) is 0 Å². The van der Waals surface area contributed by atoms with Crippen LogP contribution in [0.3, 0.4) is 0 Å². The molecule has 0 saturated heterocycles. The summed E-state index contributed by atoms with van der Waals surface area (Å²) in [6, 6.07) is 15.7. The van der Waals surface area contributed by atoms with Crippen molar-refractivity contribution < 1.29 is 28.8 Å². The number of hydrogen-bond acceptors (Lipinski definition) is 6. The molecule has 0 amide bonds. The third-order valence-electron chi connectivity index (χ3n) is 4.63. The molecule has 0 radical (unpaired) electrons. The van der Waals surface area contributed by atoms with Gasteiger partial charge in [0.15, 0.2) is 0 Å². The van der Waals surface area contributed by atoms with Crippen molar-refractivity contribution in [2.75, 3.05) is 13.2 Å². The molecule has 3 rings (SSSR count). The van der Waals surface area contributed by atoms with Gasteiger partial charge in [0.2, 0.25) is 11.9 Å². The van der Waals surface area contributed by atoms with Crippen LogP contribution in [-0.2, 0) is 24.6 Å². The van der Waals surface area contributed by atoms with E-state index in [0.717, 1.165) is 19.3 Å². The van der Waals surface area contributed by atoms with Gasteiger partial charge in [0.05, 0.1) is 13.2 Å². The van der Waals surface area contributed by atoms with E-state index in [1.165, 1.54) is 0 Å². The van der Waals surface area contributed by atoms with Crippen LogP contribution in [0.2, 0.25) is 0 Å². The fourth-order valence-electron chi connectivity index (χ4n) is 3.14. The molecule has 2 aromatic rings. The molecule has 154 valence electrons. The summed E-state index contributed by atoms with van der Waals surface area (Å²) in [6.45, 7) is 2.39. The van der Waals surface area contributed by atoms with Crippen molar-refractivity contribution in [1.29, 1.82) is 0 Å². The number of rotatable bonds is 10. The molecule has 1 atom stereocenters. The Morgan fingerprint density at radius 1 is 1.03 bits per heavy atom. The lowest BCUT2D eigenvalue weighted by atomic mass is 9.86. The zero-order valence-corrected chi connectivity index (χ0v) is 16.5. The molecule has 0 aromatic heterocycles. The molecule has 0 fully saturated rings. The lowest BCUT2D eigenvalue weighted by Gasteiger charge is -2.27. The Kier molecular flexibility index (Phi) is 7.14. The molecule has 0 spiro atoms. The van der Waals surface area contributed by atoms with Crippen LogP contribution in [0.1, 0.15) is 37.3 Å². The number of aliphatic hydroxyl groups is 1. The Bertz CT molecular complexity index is 811. The van der Waals surface area contributed by atoms with E-state index in [0.29, 0.717) is 23.5 Å². The van der Waals surface area contributed by atoms with Gasteiger partial charge in [-0.05, 0) is 37.5 Å². The van der Waals surface area contributed by atoms with Crippen molar-refractivity contribution in [1.82, 2.24) is 0 Å². The molecule has 1 heterocycles. The molecular formula is C23H26O6. The van der Waals surface area contributed by atoms with Crippen molar-refractivity contribution >= 4 is 5.97 Å². The Labute approximate surface area is 170 Å². The van der Waals surface area contributed by atoms with Gasteiger partial charge in [0.1, 0.15) is 18.3 Å². The maximum absolute atomic E-state index is 12.7. The quantitative estimate of drug-likeness (QED) is 0.484. The lowest BCUT2D eigenvalue weighted by Crippen LogP contribution is -2.38. The number of carbonyl (C=O) groups excluding carboxylic acids is 1. The number of esters is 1. The smallest absolute Gasteiger partial charge is 0.347 e.